The average molecular weight is 386 g/mol. The van der Waals surface area contributed by atoms with Crippen molar-refractivity contribution in [2.24, 2.45) is 0 Å². The van der Waals surface area contributed by atoms with Crippen molar-refractivity contribution >= 4 is 17.4 Å². The highest BCUT2D eigenvalue weighted by molar-refractivity contribution is 6.03. The molecule has 1 aliphatic rings. The Bertz CT molecular complexity index is 777. The number of aromatic nitrogens is 2. The van der Waals surface area contributed by atoms with Crippen LogP contribution in [0.2, 0.25) is 0 Å². The Hall–Kier alpha value is -3.03. The number of hydrogen-bond acceptors (Lipinski definition) is 7. The summed E-state index contributed by atoms with van der Waals surface area (Å²) in [5.74, 6) is 1.83. The fourth-order valence-corrected chi connectivity index (χ4v) is 3.25. The zero-order valence-electron chi connectivity index (χ0n) is 16.5. The molecule has 1 aromatic heterocycles. The molecule has 2 aromatic rings. The number of ether oxygens (including phenoxy) is 3. The first-order valence-corrected chi connectivity index (χ1v) is 9.34. The van der Waals surface area contributed by atoms with E-state index in [4.69, 9.17) is 14.2 Å². The first kappa shape index (κ1) is 19.7. The third-order valence-corrected chi connectivity index (χ3v) is 4.72. The zero-order chi connectivity index (χ0) is 19.9. The molecule has 2 heterocycles. The summed E-state index contributed by atoms with van der Waals surface area (Å²) in [5.41, 5.74) is 0.755. The summed E-state index contributed by atoms with van der Waals surface area (Å²) in [6, 6.07) is 3.33. The smallest absolute Gasteiger partial charge is 0.275 e. The van der Waals surface area contributed by atoms with Crippen LogP contribution in [0.4, 0.5) is 11.5 Å². The Balaban J connectivity index is 1.74. The molecule has 8 heteroatoms. The van der Waals surface area contributed by atoms with Gasteiger partial charge in [0.1, 0.15) is 11.5 Å². The highest BCUT2D eigenvalue weighted by Crippen LogP contribution is 2.40. The van der Waals surface area contributed by atoms with E-state index in [-0.39, 0.29) is 11.6 Å². The van der Waals surface area contributed by atoms with E-state index in [1.54, 1.807) is 18.3 Å². The van der Waals surface area contributed by atoms with Crippen LogP contribution in [0.1, 0.15) is 36.2 Å². The number of amides is 1. The molecule has 1 aliphatic heterocycles. The van der Waals surface area contributed by atoms with Gasteiger partial charge in [0, 0.05) is 30.9 Å². The molecule has 28 heavy (non-hydrogen) atoms. The van der Waals surface area contributed by atoms with Crippen molar-refractivity contribution in [2.75, 3.05) is 44.6 Å². The number of rotatable bonds is 6. The molecule has 0 radical (unpaired) electrons. The van der Waals surface area contributed by atoms with Crippen LogP contribution in [0, 0.1) is 0 Å². The number of nitrogens with zero attached hydrogens (tertiary/aromatic N) is 3. The van der Waals surface area contributed by atoms with Crippen molar-refractivity contribution in [3.8, 4) is 17.2 Å². The number of methoxy groups -OCH3 is 3. The van der Waals surface area contributed by atoms with Crippen molar-refractivity contribution in [1.82, 2.24) is 9.97 Å². The molecular formula is C20H26N4O4. The molecule has 1 saturated heterocycles. The maximum atomic E-state index is 12.6. The lowest BCUT2D eigenvalue weighted by atomic mass is 10.2. The van der Waals surface area contributed by atoms with Gasteiger partial charge in [-0.3, -0.25) is 4.79 Å². The van der Waals surface area contributed by atoms with E-state index in [9.17, 15) is 4.79 Å². The van der Waals surface area contributed by atoms with Gasteiger partial charge in [0.2, 0.25) is 5.75 Å². The molecule has 0 atom stereocenters. The van der Waals surface area contributed by atoms with E-state index in [0.29, 0.717) is 22.9 Å². The predicted octanol–water partition coefficient (Wildman–Crippen LogP) is 3.14. The molecule has 150 valence electrons. The van der Waals surface area contributed by atoms with Crippen LogP contribution in [-0.4, -0.2) is 50.3 Å². The standard InChI is InChI=1S/C20H26N4O4/c1-26-16-10-14(11-17(27-2)19(16)28-3)23-20(25)15-12-22-18(13-21-15)24-8-6-4-5-7-9-24/h10-13H,4-9H2,1-3H3,(H,23,25). The molecule has 0 unspecified atom stereocenters. The summed E-state index contributed by atoms with van der Waals surface area (Å²) in [6.45, 7) is 1.96. The second-order valence-corrected chi connectivity index (χ2v) is 6.53. The van der Waals surface area contributed by atoms with Gasteiger partial charge < -0.3 is 24.4 Å². The summed E-state index contributed by atoms with van der Waals surface area (Å²) in [6.07, 6.45) is 7.98. The lowest BCUT2D eigenvalue weighted by Gasteiger charge is -2.20. The first-order chi connectivity index (χ1) is 13.7. The fraction of sp³-hybridized carbons (Fsp3) is 0.450. The number of benzene rings is 1. The minimum Gasteiger partial charge on any atom is -0.493 e. The highest BCUT2D eigenvalue weighted by atomic mass is 16.5. The van der Waals surface area contributed by atoms with Crippen molar-refractivity contribution in [3.63, 3.8) is 0 Å². The maximum Gasteiger partial charge on any atom is 0.275 e. The third-order valence-electron chi connectivity index (χ3n) is 4.72. The van der Waals surface area contributed by atoms with Crippen LogP contribution in [0.5, 0.6) is 17.2 Å². The number of nitrogens with one attached hydrogen (secondary N) is 1. The van der Waals surface area contributed by atoms with Crippen molar-refractivity contribution in [2.45, 2.75) is 25.7 Å². The quantitative estimate of drug-likeness (QED) is 0.816. The largest absolute Gasteiger partial charge is 0.493 e. The molecule has 1 aromatic carbocycles. The minimum absolute atomic E-state index is 0.243. The van der Waals surface area contributed by atoms with Gasteiger partial charge in [0.15, 0.2) is 11.5 Å². The van der Waals surface area contributed by atoms with Gasteiger partial charge in [-0.05, 0) is 12.8 Å². The monoisotopic (exact) mass is 386 g/mol. The Kier molecular flexibility index (Phi) is 6.52. The van der Waals surface area contributed by atoms with Crippen LogP contribution in [0.3, 0.4) is 0 Å². The predicted molar refractivity (Wildman–Crippen MR) is 107 cm³/mol. The van der Waals surface area contributed by atoms with Crippen LogP contribution in [0.25, 0.3) is 0 Å². The number of carbonyl (C=O) groups is 1. The minimum atomic E-state index is -0.357. The molecule has 3 rings (SSSR count). The molecule has 0 bridgehead atoms. The van der Waals surface area contributed by atoms with E-state index >= 15 is 0 Å². The number of anilines is 2. The first-order valence-electron chi connectivity index (χ1n) is 9.34. The summed E-state index contributed by atoms with van der Waals surface area (Å²) in [5, 5.41) is 2.80. The van der Waals surface area contributed by atoms with Crippen LogP contribution in [0.15, 0.2) is 24.5 Å². The topological polar surface area (TPSA) is 85.8 Å². The summed E-state index contributed by atoms with van der Waals surface area (Å²) in [7, 11) is 4.58. The molecule has 1 amide bonds. The van der Waals surface area contributed by atoms with Gasteiger partial charge in [-0.2, -0.15) is 0 Å². The zero-order valence-corrected chi connectivity index (χ0v) is 16.5. The van der Waals surface area contributed by atoms with Crippen molar-refractivity contribution in [1.29, 1.82) is 0 Å². The fourth-order valence-electron chi connectivity index (χ4n) is 3.25. The molecule has 0 aliphatic carbocycles. The van der Waals surface area contributed by atoms with Gasteiger partial charge >= 0.3 is 0 Å². The Morgan fingerprint density at radius 2 is 1.57 bits per heavy atom. The van der Waals surface area contributed by atoms with Gasteiger partial charge in [-0.1, -0.05) is 12.8 Å². The second kappa shape index (κ2) is 9.25. The van der Waals surface area contributed by atoms with Crippen LogP contribution < -0.4 is 24.4 Å². The molecule has 0 saturated carbocycles. The van der Waals surface area contributed by atoms with E-state index in [1.807, 2.05) is 0 Å². The Morgan fingerprint density at radius 3 is 2.07 bits per heavy atom. The van der Waals surface area contributed by atoms with E-state index in [0.717, 1.165) is 31.7 Å². The average Bonchev–Trinajstić information content (AvgIpc) is 3.02. The molecule has 1 fully saturated rings. The second-order valence-electron chi connectivity index (χ2n) is 6.53. The van der Waals surface area contributed by atoms with Crippen molar-refractivity contribution in [3.05, 3.63) is 30.2 Å². The van der Waals surface area contributed by atoms with Gasteiger partial charge in [0.05, 0.1) is 33.7 Å². The van der Waals surface area contributed by atoms with Crippen molar-refractivity contribution < 1.29 is 19.0 Å². The summed E-state index contributed by atoms with van der Waals surface area (Å²) in [4.78, 5) is 23.5. The lowest BCUT2D eigenvalue weighted by Crippen LogP contribution is -2.25. The van der Waals surface area contributed by atoms with E-state index < -0.39 is 0 Å². The number of hydrogen-bond donors (Lipinski definition) is 1. The van der Waals surface area contributed by atoms with Crippen LogP contribution >= 0.6 is 0 Å². The van der Waals surface area contributed by atoms with Crippen LogP contribution in [-0.2, 0) is 0 Å². The van der Waals surface area contributed by atoms with Gasteiger partial charge in [-0.15, -0.1) is 0 Å². The SMILES string of the molecule is COc1cc(NC(=O)c2cnc(N3CCCCCC3)cn2)cc(OC)c1OC. The molecule has 0 spiro atoms. The Morgan fingerprint density at radius 1 is 0.929 bits per heavy atom. The van der Waals surface area contributed by atoms with Gasteiger partial charge in [-0.25, -0.2) is 9.97 Å². The van der Waals surface area contributed by atoms with E-state index in [1.165, 1.54) is 40.4 Å². The third kappa shape index (κ3) is 4.44. The summed E-state index contributed by atoms with van der Waals surface area (Å²) < 4.78 is 15.9. The maximum absolute atomic E-state index is 12.6. The Labute approximate surface area is 164 Å². The number of carbonyl (C=O) groups excluding carboxylic acids is 1. The lowest BCUT2D eigenvalue weighted by molar-refractivity contribution is 0.102. The molecule has 1 N–H and O–H groups in total. The van der Waals surface area contributed by atoms with E-state index in [2.05, 4.69) is 20.2 Å². The molecular weight excluding hydrogens is 360 g/mol. The van der Waals surface area contributed by atoms with Gasteiger partial charge in [0.25, 0.3) is 5.91 Å². The molecule has 8 nitrogen and oxygen atoms in total. The summed E-state index contributed by atoms with van der Waals surface area (Å²) >= 11 is 0. The normalized spacial score (nSPS) is 14.2. The highest BCUT2D eigenvalue weighted by Gasteiger charge is 2.17.